The average molecular weight is 563 g/mol. The maximum Gasteiger partial charge on any atom is 0.498 e. The van der Waals surface area contributed by atoms with Crippen molar-refractivity contribution in [3.05, 3.63) is 12.4 Å². The standard InChI is InChI=1S/C28H47BN4O5S/c1-19(2)22(32-25(35)36-26(3,4)5)23(34)33-15-11-10-13-21(33)14-12-16-39-24-30-17-20(18-31-24)29-37-27(6,7)28(8,9)38-29/h17-19,21-22H,10-16H2,1-9H3,(H,32,35)/t21-,22-/m1/s1. The Morgan fingerprint density at radius 3 is 2.33 bits per heavy atom. The maximum atomic E-state index is 13.5. The molecule has 2 fully saturated rings. The second-order valence-electron chi connectivity index (χ2n) is 12.9. The van der Waals surface area contributed by atoms with E-state index in [0.717, 1.165) is 49.9 Å². The fourth-order valence-electron chi connectivity index (χ4n) is 4.70. The molecule has 11 heteroatoms. The van der Waals surface area contributed by atoms with Crippen LogP contribution in [0.15, 0.2) is 17.6 Å². The summed E-state index contributed by atoms with van der Waals surface area (Å²) in [6.07, 6.45) is 7.92. The fraction of sp³-hybridized carbons (Fsp3) is 0.786. The zero-order chi connectivity index (χ0) is 29.0. The van der Waals surface area contributed by atoms with Gasteiger partial charge in [-0.05, 0) is 86.5 Å². The monoisotopic (exact) mass is 562 g/mol. The molecule has 0 aliphatic carbocycles. The lowest BCUT2D eigenvalue weighted by atomic mass is 9.81. The first-order valence-corrected chi connectivity index (χ1v) is 15.2. The van der Waals surface area contributed by atoms with Crippen molar-refractivity contribution in [1.82, 2.24) is 20.2 Å². The molecule has 0 bridgehead atoms. The second-order valence-corrected chi connectivity index (χ2v) is 14.0. The number of carbonyl (C=O) groups is 2. The van der Waals surface area contributed by atoms with Crippen molar-refractivity contribution < 1.29 is 23.6 Å². The van der Waals surface area contributed by atoms with Crippen molar-refractivity contribution >= 4 is 36.3 Å². The van der Waals surface area contributed by atoms with Crippen molar-refractivity contribution in [3.63, 3.8) is 0 Å². The van der Waals surface area contributed by atoms with Gasteiger partial charge in [0.05, 0.1) is 11.2 Å². The van der Waals surface area contributed by atoms with E-state index in [1.807, 2.05) is 67.2 Å². The van der Waals surface area contributed by atoms with Gasteiger partial charge in [0, 0.05) is 36.2 Å². The van der Waals surface area contributed by atoms with E-state index in [1.54, 1.807) is 24.2 Å². The molecule has 218 valence electrons. The Bertz CT molecular complexity index is 967. The molecule has 2 saturated heterocycles. The van der Waals surface area contributed by atoms with E-state index in [9.17, 15) is 9.59 Å². The number of alkyl carbamates (subject to hydrolysis) is 1. The average Bonchev–Trinajstić information content (AvgIpc) is 3.06. The molecule has 2 amide bonds. The molecule has 2 aliphatic rings. The van der Waals surface area contributed by atoms with Crippen LogP contribution in [0.2, 0.25) is 0 Å². The Kier molecular flexibility index (Phi) is 10.4. The number of hydrogen-bond acceptors (Lipinski definition) is 8. The third-order valence-corrected chi connectivity index (χ3v) is 8.56. The molecule has 3 rings (SSSR count). The van der Waals surface area contributed by atoms with Crippen LogP contribution >= 0.6 is 11.8 Å². The molecule has 3 heterocycles. The summed E-state index contributed by atoms with van der Waals surface area (Å²) in [5.74, 6) is 0.799. The van der Waals surface area contributed by atoms with Gasteiger partial charge in [-0.3, -0.25) is 4.79 Å². The van der Waals surface area contributed by atoms with Gasteiger partial charge in [0.2, 0.25) is 5.91 Å². The van der Waals surface area contributed by atoms with Crippen LogP contribution in [0.1, 0.15) is 94.4 Å². The van der Waals surface area contributed by atoms with Gasteiger partial charge in [0.1, 0.15) is 11.6 Å². The summed E-state index contributed by atoms with van der Waals surface area (Å²) in [7, 11) is -0.469. The fourth-order valence-corrected chi connectivity index (χ4v) is 5.45. The molecule has 0 unspecified atom stereocenters. The van der Waals surface area contributed by atoms with Crippen molar-refractivity contribution in [2.75, 3.05) is 12.3 Å². The maximum absolute atomic E-state index is 13.5. The number of piperidine rings is 1. The number of aromatic nitrogens is 2. The van der Waals surface area contributed by atoms with Crippen LogP contribution in [0.3, 0.4) is 0 Å². The summed E-state index contributed by atoms with van der Waals surface area (Å²) in [4.78, 5) is 37.0. The van der Waals surface area contributed by atoms with E-state index in [0.29, 0.717) is 5.16 Å². The van der Waals surface area contributed by atoms with E-state index >= 15 is 0 Å². The van der Waals surface area contributed by atoms with Crippen LogP contribution < -0.4 is 10.8 Å². The largest absolute Gasteiger partial charge is 0.498 e. The highest BCUT2D eigenvalue weighted by Crippen LogP contribution is 2.36. The third kappa shape index (κ3) is 8.57. The molecule has 0 spiro atoms. The molecule has 1 N–H and O–H groups in total. The van der Waals surface area contributed by atoms with Gasteiger partial charge in [-0.15, -0.1) is 0 Å². The number of nitrogens with zero attached hydrogens (tertiary/aromatic N) is 3. The van der Waals surface area contributed by atoms with Gasteiger partial charge in [0.25, 0.3) is 0 Å². The summed E-state index contributed by atoms with van der Waals surface area (Å²) >= 11 is 1.61. The highest BCUT2D eigenvalue weighted by atomic mass is 32.2. The van der Waals surface area contributed by atoms with Crippen LogP contribution in [0.25, 0.3) is 0 Å². The quantitative estimate of drug-likeness (QED) is 0.202. The molecule has 9 nitrogen and oxygen atoms in total. The van der Waals surface area contributed by atoms with E-state index in [2.05, 4.69) is 15.3 Å². The predicted octanol–water partition coefficient (Wildman–Crippen LogP) is 4.58. The lowest BCUT2D eigenvalue weighted by Gasteiger charge is -2.39. The van der Waals surface area contributed by atoms with Crippen molar-refractivity contribution in [2.45, 2.75) is 128 Å². The van der Waals surface area contributed by atoms with Gasteiger partial charge in [0.15, 0.2) is 5.16 Å². The number of hydrogen-bond donors (Lipinski definition) is 1. The lowest BCUT2D eigenvalue weighted by molar-refractivity contribution is -0.138. The van der Waals surface area contributed by atoms with Crippen LogP contribution in [0.5, 0.6) is 0 Å². The summed E-state index contributed by atoms with van der Waals surface area (Å²) in [6.45, 7) is 18.2. The van der Waals surface area contributed by atoms with E-state index in [4.69, 9.17) is 14.0 Å². The third-order valence-electron chi connectivity index (χ3n) is 7.60. The number of ether oxygens (including phenoxy) is 1. The molecule has 0 radical (unpaired) electrons. The molecule has 0 saturated carbocycles. The highest BCUT2D eigenvalue weighted by Gasteiger charge is 2.52. The van der Waals surface area contributed by atoms with Gasteiger partial charge in [-0.2, -0.15) is 0 Å². The Morgan fingerprint density at radius 2 is 1.77 bits per heavy atom. The molecular weight excluding hydrogens is 515 g/mol. The van der Waals surface area contributed by atoms with Crippen LogP contribution in [-0.4, -0.2) is 75.2 Å². The van der Waals surface area contributed by atoms with Gasteiger partial charge in [-0.1, -0.05) is 25.6 Å². The first-order chi connectivity index (χ1) is 18.1. The van der Waals surface area contributed by atoms with Gasteiger partial charge >= 0.3 is 13.2 Å². The van der Waals surface area contributed by atoms with E-state index < -0.39 is 36.1 Å². The highest BCUT2D eigenvalue weighted by molar-refractivity contribution is 7.99. The minimum atomic E-state index is -0.615. The minimum Gasteiger partial charge on any atom is -0.444 e. The Labute approximate surface area is 239 Å². The summed E-state index contributed by atoms with van der Waals surface area (Å²) in [6, 6.07) is -0.439. The molecule has 39 heavy (non-hydrogen) atoms. The number of thioether (sulfide) groups is 1. The van der Waals surface area contributed by atoms with Crippen molar-refractivity contribution in [1.29, 1.82) is 0 Å². The Hall–Kier alpha value is -1.85. The van der Waals surface area contributed by atoms with Crippen LogP contribution in [0.4, 0.5) is 4.79 Å². The molecular formula is C28H47BN4O5S. The van der Waals surface area contributed by atoms with E-state index in [-0.39, 0.29) is 17.9 Å². The first kappa shape index (κ1) is 31.7. The molecule has 0 aromatic carbocycles. The van der Waals surface area contributed by atoms with Crippen LogP contribution in [0, 0.1) is 5.92 Å². The molecule has 2 atom stereocenters. The molecule has 1 aromatic heterocycles. The lowest BCUT2D eigenvalue weighted by Crippen LogP contribution is -2.55. The van der Waals surface area contributed by atoms with Crippen molar-refractivity contribution in [2.24, 2.45) is 5.92 Å². The summed E-state index contributed by atoms with van der Waals surface area (Å²) < 4.78 is 17.6. The van der Waals surface area contributed by atoms with Gasteiger partial charge < -0.3 is 24.3 Å². The second kappa shape index (κ2) is 12.8. The van der Waals surface area contributed by atoms with Crippen molar-refractivity contribution in [3.8, 4) is 0 Å². The topological polar surface area (TPSA) is 103 Å². The number of likely N-dealkylation sites (tertiary alicyclic amines) is 1. The van der Waals surface area contributed by atoms with Gasteiger partial charge in [-0.25, -0.2) is 14.8 Å². The summed E-state index contributed by atoms with van der Waals surface area (Å²) in [5, 5.41) is 3.54. The minimum absolute atomic E-state index is 0.0187. The first-order valence-electron chi connectivity index (χ1n) is 14.2. The molecule has 1 aromatic rings. The smallest absolute Gasteiger partial charge is 0.444 e. The Morgan fingerprint density at radius 1 is 1.15 bits per heavy atom. The zero-order valence-corrected chi connectivity index (χ0v) is 26.0. The number of rotatable bonds is 9. The SMILES string of the molecule is CC(C)[C@@H](NC(=O)OC(C)(C)C)C(=O)N1CCCC[C@@H]1CCCSc1ncc(B2OC(C)(C)C(C)(C)O2)cn1. The number of carbonyl (C=O) groups excluding carboxylic acids is 2. The predicted molar refractivity (Wildman–Crippen MR) is 155 cm³/mol. The van der Waals surface area contributed by atoms with Crippen LogP contribution in [-0.2, 0) is 18.8 Å². The molecule has 2 aliphatic heterocycles. The summed E-state index contributed by atoms with van der Waals surface area (Å²) in [5.41, 5.74) is -0.606. The zero-order valence-electron chi connectivity index (χ0n) is 25.2. The van der Waals surface area contributed by atoms with E-state index in [1.165, 1.54) is 0 Å². The number of nitrogens with one attached hydrogen (secondary N) is 1. The number of amides is 2. The normalized spacial score (nSPS) is 21.6. The Balaban J connectivity index is 1.51.